The number of rotatable bonds is 7. The molecule has 4 aromatic rings. The van der Waals surface area contributed by atoms with Crippen molar-refractivity contribution in [3.63, 3.8) is 0 Å². The van der Waals surface area contributed by atoms with Crippen molar-refractivity contribution in [2.45, 2.75) is 12.7 Å². The first-order valence-corrected chi connectivity index (χ1v) is 9.64. The first-order chi connectivity index (χ1) is 15.8. The van der Waals surface area contributed by atoms with E-state index >= 15 is 0 Å². The third-order valence-electron chi connectivity index (χ3n) is 4.49. The van der Waals surface area contributed by atoms with Gasteiger partial charge in [-0.15, -0.1) is 0 Å². The van der Waals surface area contributed by atoms with Crippen LogP contribution < -0.4 is 10.6 Å². The van der Waals surface area contributed by atoms with Gasteiger partial charge in [-0.1, -0.05) is 17.3 Å². The molecule has 0 saturated carbocycles. The van der Waals surface area contributed by atoms with E-state index in [0.717, 1.165) is 4.57 Å². The quantitative estimate of drug-likeness (QED) is 0.405. The Labute approximate surface area is 183 Å². The van der Waals surface area contributed by atoms with E-state index in [9.17, 15) is 22.8 Å². The van der Waals surface area contributed by atoms with Crippen molar-refractivity contribution in [1.82, 2.24) is 35.3 Å². The summed E-state index contributed by atoms with van der Waals surface area (Å²) in [6.07, 6.45) is -1.75. The maximum Gasteiger partial charge on any atom is 0.449 e. The molecule has 0 aliphatic heterocycles. The number of para-hydroxylation sites is 2. The average molecular weight is 459 g/mol. The topological polar surface area (TPSA) is 128 Å². The van der Waals surface area contributed by atoms with E-state index in [2.05, 4.69) is 30.7 Å². The first kappa shape index (κ1) is 21.9. The van der Waals surface area contributed by atoms with Gasteiger partial charge in [0, 0.05) is 25.5 Å². The molecule has 4 rings (SSSR count). The molecule has 33 heavy (non-hydrogen) atoms. The molecule has 13 heteroatoms. The Morgan fingerprint density at radius 1 is 1.00 bits per heavy atom. The highest BCUT2D eigenvalue weighted by Crippen LogP contribution is 2.31. The maximum atomic E-state index is 13.4. The smallest absolute Gasteiger partial charge is 0.350 e. The lowest BCUT2D eigenvalue weighted by molar-refractivity contribution is -0.146. The van der Waals surface area contributed by atoms with Gasteiger partial charge in [0.25, 0.3) is 5.91 Å². The second kappa shape index (κ2) is 9.06. The van der Waals surface area contributed by atoms with Crippen molar-refractivity contribution in [2.24, 2.45) is 0 Å². The summed E-state index contributed by atoms with van der Waals surface area (Å²) >= 11 is 0. The Balaban J connectivity index is 1.37. The highest BCUT2D eigenvalue weighted by atomic mass is 19.4. The number of alkyl halides is 3. The highest BCUT2D eigenvalue weighted by Gasteiger charge is 2.38. The Bertz CT molecular complexity index is 1290. The number of hydrogen-bond donors (Lipinski definition) is 2. The van der Waals surface area contributed by atoms with E-state index in [0.29, 0.717) is 5.56 Å². The van der Waals surface area contributed by atoms with Crippen molar-refractivity contribution < 1.29 is 27.3 Å². The van der Waals surface area contributed by atoms with Crippen LogP contribution in [0.4, 0.5) is 13.2 Å². The number of nitrogens with zero attached hydrogens (tertiary/aromatic N) is 5. The van der Waals surface area contributed by atoms with E-state index < -0.39 is 30.3 Å². The average Bonchev–Trinajstić information content (AvgIpc) is 3.42. The molecule has 0 atom stereocenters. The second-order valence-electron chi connectivity index (χ2n) is 6.78. The minimum Gasteiger partial charge on any atom is -0.350 e. The zero-order valence-electron chi connectivity index (χ0n) is 16.8. The molecule has 3 aromatic heterocycles. The van der Waals surface area contributed by atoms with E-state index in [4.69, 9.17) is 4.52 Å². The number of amides is 2. The summed E-state index contributed by atoms with van der Waals surface area (Å²) in [5.41, 5.74) is 0.778. The van der Waals surface area contributed by atoms with E-state index in [-0.39, 0.29) is 35.9 Å². The van der Waals surface area contributed by atoms with Gasteiger partial charge in [-0.05, 0) is 24.3 Å². The van der Waals surface area contributed by atoms with Crippen LogP contribution in [0.1, 0.15) is 32.7 Å². The molecule has 0 saturated heterocycles. The lowest BCUT2D eigenvalue weighted by Gasteiger charge is -2.09. The second-order valence-corrected chi connectivity index (χ2v) is 6.78. The molecule has 0 fully saturated rings. The molecule has 0 unspecified atom stereocenters. The number of pyridine rings is 1. The summed E-state index contributed by atoms with van der Waals surface area (Å²) in [5, 5.41) is 8.68. The minimum atomic E-state index is -4.69. The summed E-state index contributed by atoms with van der Waals surface area (Å²) in [6, 6.07) is 9.33. The number of nitrogens with one attached hydrogen (secondary N) is 2. The zero-order valence-corrected chi connectivity index (χ0v) is 16.8. The number of halogens is 3. The SMILES string of the molecule is O=C(NCCNC(=O)c1nc(Cn2c(C(F)(F)F)nc3ccccc32)no1)c1cccnc1. The summed E-state index contributed by atoms with van der Waals surface area (Å²) in [7, 11) is 0. The van der Waals surface area contributed by atoms with Crippen molar-refractivity contribution >= 4 is 22.8 Å². The number of carbonyl (C=O) groups excluding carboxylic acids is 2. The first-order valence-electron chi connectivity index (χ1n) is 9.64. The van der Waals surface area contributed by atoms with Crippen molar-refractivity contribution in [2.75, 3.05) is 13.1 Å². The Hall–Kier alpha value is -4.29. The molecule has 170 valence electrons. The third-order valence-corrected chi connectivity index (χ3v) is 4.49. The molecular formula is C20H16F3N7O3. The fourth-order valence-corrected chi connectivity index (χ4v) is 3.03. The predicted molar refractivity (Wildman–Crippen MR) is 107 cm³/mol. The summed E-state index contributed by atoms with van der Waals surface area (Å²) in [4.78, 5) is 35.5. The van der Waals surface area contributed by atoms with Crippen LogP contribution in [-0.4, -0.2) is 49.6 Å². The molecule has 0 radical (unpaired) electrons. The molecule has 1 aromatic carbocycles. The molecule has 3 heterocycles. The van der Waals surface area contributed by atoms with Gasteiger partial charge in [0.15, 0.2) is 5.82 Å². The van der Waals surface area contributed by atoms with Gasteiger partial charge in [0.1, 0.15) is 0 Å². The van der Waals surface area contributed by atoms with Gasteiger partial charge >= 0.3 is 18.0 Å². The Morgan fingerprint density at radius 2 is 1.76 bits per heavy atom. The van der Waals surface area contributed by atoms with Crippen molar-refractivity contribution in [1.29, 1.82) is 0 Å². The van der Waals surface area contributed by atoms with Crippen LogP contribution >= 0.6 is 0 Å². The highest BCUT2D eigenvalue weighted by molar-refractivity contribution is 5.94. The maximum absolute atomic E-state index is 13.4. The minimum absolute atomic E-state index is 0.0624. The molecule has 0 aliphatic rings. The van der Waals surface area contributed by atoms with E-state index in [1.807, 2.05) is 0 Å². The van der Waals surface area contributed by atoms with Gasteiger partial charge in [0.05, 0.1) is 23.1 Å². The summed E-state index contributed by atoms with van der Waals surface area (Å²) in [5.74, 6) is -2.73. The molecule has 2 amide bonds. The summed E-state index contributed by atoms with van der Waals surface area (Å²) < 4.78 is 46.0. The fraction of sp³-hybridized carbons (Fsp3) is 0.200. The fourth-order valence-electron chi connectivity index (χ4n) is 3.03. The van der Waals surface area contributed by atoms with Crippen LogP contribution in [0.15, 0.2) is 53.3 Å². The van der Waals surface area contributed by atoms with Crippen molar-refractivity contribution in [3.05, 3.63) is 71.9 Å². The van der Waals surface area contributed by atoms with Crippen LogP contribution in [-0.2, 0) is 12.7 Å². The van der Waals surface area contributed by atoms with Crippen LogP contribution in [0.5, 0.6) is 0 Å². The van der Waals surface area contributed by atoms with Crippen LogP contribution in [0, 0.1) is 0 Å². The molecular weight excluding hydrogens is 443 g/mol. The van der Waals surface area contributed by atoms with Gasteiger partial charge in [-0.25, -0.2) is 4.98 Å². The number of benzene rings is 1. The Morgan fingerprint density at radius 3 is 2.48 bits per heavy atom. The van der Waals surface area contributed by atoms with Crippen molar-refractivity contribution in [3.8, 4) is 0 Å². The number of aromatic nitrogens is 5. The van der Waals surface area contributed by atoms with Gasteiger partial charge in [0.2, 0.25) is 5.82 Å². The Kier molecular flexibility index (Phi) is 6.02. The number of carbonyl (C=O) groups is 2. The number of hydrogen-bond acceptors (Lipinski definition) is 7. The zero-order chi connectivity index (χ0) is 23.4. The van der Waals surface area contributed by atoms with Gasteiger partial charge < -0.3 is 19.7 Å². The largest absolute Gasteiger partial charge is 0.449 e. The van der Waals surface area contributed by atoms with Gasteiger partial charge in [-0.3, -0.25) is 14.6 Å². The van der Waals surface area contributed by atoms with E-state index in [1.165, 1.54) is 24.5 Å². The summed E-state index contributed by atoms with van der Waals surface area (Å²) in [6.45, 7) is -0.212. The van der Waals surface area contributed by atoms with Gasteiger partial charge in [-0.2, -0.15) is 18.2 Å². The van der Waals surface area contributed by atoms with E-state index in [1.54, 1.807) is 24.3 Å². The molecule has 0 aliphatic carbocycles. The monoisotopic (exact) mass is 459 g/mol. The lowest BCUT2D eigenvalue weighted by atomic mass is 10.3. The molecule has 2 N–H and O–H groups in total. The van der Waals surface area contributed by atoms with Crippen LogP contribution in [0.2, 0.25) is 0 Å². The number of imidazole rings is 1. The van der Waals surface area contributed by atoms with Crippen LogP contribution in [0.3, 0.4) is 0 Å². The molecule has 10 nitrogen and oxygen atoms in total. The third kappa shape index (κ3) is 4.97. The lowest BCUT2D eigenvalue weighted by Crippen LogP contribution is -2.34. The van der Waals surface area contributed by atoms with Crippen LogP contribution in [0.25, 0.3) is 11.0 Å². The standard InChI is InChI=1S/C20H16F3N7O3/c21-20(22,23)19-27-13-5-1-2-6-14(13)30(19)11-15-28-18(33-29-15)17(32)26-9-8-25-16(31)12-4-3-7-24-10-12/h1-7,10H,8-9,11H2,(H,25,31)(H,26,32). The number of fused-ring (bicyclic) bond motifs is 1. The normalized spacial score (nSPS) is 11.5. The molecule has 0 bridgehead atoms. The predicted octanol–water partition coefficient (Wildman–Crippen LogP) is 2.04. The molecule has 0 spiro atoms.